The maximum atomic E-state index is 5.62. The molecule has 0 radical (unpaired) electrons. The predicted octanol–water partition coefficient (Wildman–Crippen LogP) is 1.21. The van der Waals surface area contributed by atoms with E-state index in [1.165, 1.54) is 11.1 Å². The summed E-state index contributed by atoms with van der Waals surface area (Å²) in [6.45, 7) is 0. The van der Waals surface area contributed by atoms with Crippen molar-refractivity contribution >= 4 is 0 Å². The van der Waals surface area contributed by atoms with Gasteiger partial charge in [-0.3, -0.25) is 20.9 Å². The van der Waals surface area contributed by atoms with E-state index in [0.717, 1.165) is 25.7 Å². The smallest absolute Gasteiger partial charge is 0.0521 e. The molecule has 3 N–H and O–H groups in total. The molecule has 0 fully saturated rings. The Balaban J connectivity index is 1.77. The second-order valence-electron chi connectivity index (χ2n) is 4.82. The molecule has 0 saturated heterocycles. The molecule has 2 rings (SSSR count). The maximum absolute atomic E-state index is 5.62. The van der Waals surface area contributed by atoms with Crippen molar-refractivity contribution in [2.75, 3.05) is 0 Å². The van der Waals surface area contributed by atoms with E-state index in [1.807, 2.05) is 30.2 Å². The minimum atomic E-state index is 0.320. The highest BCUT2D eigenvalue weighted by Gasteiger charge is 2.08. The zero-order valence-electron chi connectivity index (χ0n) is 11.3. The van der Waals surface area contributed by atoms with Crippen molar-refractivity contribution in [2.24, 2.45) is 12.9 Å². The molecule has 0 spiro atoms. The van der Waals surface area contributed by atoms with E-state index in [9.17, 15) is 0 Å². The number of aryl methyl sites for hydroxylation is 3. The van der Waals surface area contributed by atoms with Crippen molar-refractivity contribution in [1.82, 2.24) is 20.2 Å². The fraction of sp³-hybridized carbons (Fsp3) is 0.429. The fourth-order valence-corrected chi connectivity index (χ4v) is 2.14. The number of pyridine rings is 1. The topological polar surface area (TPSA) is 68.8 Å². The third-order valence-electron chi connectivity index (χ3n) is 3.28. The van der Waals surface area contributed by atoms with Crippen LogP contribution in [0.4, 0.5) is 0 Å². The second-order valence-corrected chi connectivity index (χ2v) is 4.82. The first-order valence-corrected chi connectivity index (χ1v) is 6.60. The van der Waals surface area contributed by atoms with Crippen LogP contribution in [0, 0.1) is 0 Å². The lowest BCUT2D eigenvalue weighted by Crippen LogP contribution is -2.35. The van der Waals surface area contributed by atoms with Crippen molar-refractivity contribution in [3.8, 4) is 0 Å². The van der Waals surface area contributed by atoms with Gasteiger partial charge in [0, 0.05) is 31.7 Å². The van der Waals surface area contributed by atoms with Gasteiger partial charge in [-0.1, -0.05) is 6.07 Å². The summed E-state index contributed by atoms with van der Waals surface area (Å²) in [6.07, 6.45) is 11.7. The lowest BCUT2D eigenvalue weighted by Gasteiger charge is -2.15. The first kappa shape index (κ1) is 13.7. The van der Waals surface area contributed by atoms with Crippen LogP contribution in [0.5, 0.6) is 0 Å². The standard InChI is InChI=1S/C14H21N5/c1-19-11-13(10-17-19)5-7-14(18-15)6-4-12-3-2-8-16-9-12/h2-3,8-11,14,18H,4-7,15H2,1H3. The highest BCUT2D eigenvalue weighted by atomic mass is 15.2. The fourth-order valence-electron chi connectivity index (χ4n) is 2.14. The Bertz CT molecular complexity index is 480. The van der Waals surface area contributed by atoms with Gasteiger partial charge < -0.3 is 0 Å². The van der Waals surface area contributed by atoms with Gasteiger partial charge in [0.2, 0.25) is 0 Å². The number of hydrazine groups is 1. The second kappa shape index (κ2) is 7.01. The third-order valence-corrected chi connectivity index (χ3v) is 3.28. The monoisotopic (exact) mass is 259 g/mol. The zero-order valence-corrected chi connectivity index (χ0v) is 11.3. The van der Waals surface area contributed by atoms with Crippen molar-refractivity contribution in [2.45, 2.75) is 31.7 Å². The molecule has 19 heavy (non-hydrogen) atoms. The lowest BCUT2D eigenvalue weighted by molar-refractivity contribution is 0.464. The Hall–Kier alpha value is -1.72. The number of hydrogen-bond donors (Lipinski definition) is 2. The zero-order chi connectivity index (χ0) is 13.5. The van der Waals surface area contributed by atoms with E-state index in [-0.39, 0.29) is 0 Å². The number of nitrogens with two attached hydrogens (primary N) is 1. The van der Waals surface area contributed by atoms with Crippen LogP contribution in [0.1, 0.15) is 24.0 Å². The number of nitrogens with zero attached hydrogens (tertiary/aromatic N) is 3. The van der Waals surface area contributed by atoms with Crippen LogP contribution >= 0.6 is 0 Å². The summed E-state index contributed by atoms with van der Waals surface area (Å²) in [5, 5.41) is 4.17. The highest BCUT2D eigenvalue weighted by molar-refractivity contribution is 5.09. The summed E-state index contributed by atoms with van der Waals surface area (Å²) in [5.74, 6) is 5.62. The van der Waals surface area contributed by atoms with Crippen LogP contribution in [0.25, 0.3) is 0 Å². The van der Waals surface area contributed by atoms with Crippen molar-refractivity contribution in [3.05, 3.63) is 48.0 Å². The number of rotatable bonds is 7. The number of nitrogens with one attached hydrogen (secondary N) is 1. The van der Waals surface area contributed by atoms with Crippen LogP contribution in [0.3, 0.4) is 0 Å². The Labute approximate surface area is 113 Å². The summed E-state index contributed by atoms with van der Waals surface area (Å²) in [5.41, 5.74) is 5.41. The Morgan fingerprint density at radius 3 is 2.63 bits per heavy atom. The van der Waals surface area contributed by atoms with Crippen LogP contribution in [0.15, 0.2) is 36.9 Å². The van der Waals surface area contributed by atoms with E-state index in [2.05, 4.69) is 27.8 Å². The van der Waals surface area contributed by atoms with Gasteiger partial charge in [-0.15, -0.1) is 0 Å². The lowest BCUT2D eigenvalue weighted by atomic mass is 10.0. The van der Waals surface area contributed by atoms with E-state index < -0.39 is 0 Å². The molecule has 0 saturated carbocycles. The quantitative estimate of drug-likeness (QED) is 0.579. The molecular formula is C14H21N5. The largest absolute Gasteiger partial charge is 0.276 e. The van der Waals surface area contributed by atoms with Crippen LogP contribution in [-0.4, -0.2) is 20.8 Å². The molecule has 1 atom stereocenters. The van der Waals surface area contributed by atoms with Gasteiger partial charge in [0.1, 0.15) is 0 Å². The van der Waals surface area contributed by atoms with Gasteiger partial charge >= 0.3 is 0 Å². The van der Waals surface area contributed by atoms with Crippen LogP contribution in [-0.2, 0) is 19.9 Å². The van der Waals surface area contributed by atoms with E-state index in [1.54, 1.807) is 6.20 Å². The Morgan fingerprint density at radius 2 is 2.05 bits per heavy atom. The van der Waals surface area contributed by atoms with Gasteiger partial charge in [-0.05, 0) is 42.9 Å². The average Bonchev–Trinajstić information content (AvgIpc) is 2.86. The molecule has 0 aliphatic heterocycles. The molecule has 0 aliphatic carbocycles. The maximum Gasteiger partial charge on any atom is 0.0521 e. The molecule has 5 nitrogen and oxygen atoms in total. The number of hydrogen-bond acceptors (Lipinski definition) is 4. The average molecular weight is 259 g/mol. The predicted molar refractivity (Wildman–Crippen MR) is 75.2 cm³/mol. The van der Waals surface area contributed by atoms with Gasteiger partial charge in [0.15, 0.2) is 0 Å². The first-order chi connectivity index (χ1) is 9.28. The van der Waals surface area contributed by atoms with Crippen molar-refractivity contribution in [1.29, 1.82) is 0 Å². The molecule has 2 heterocycles. The third kappa shape index (κ3) is 4.46. The van der Waals surface area contributed by atoms with Gasteiger partial charge in [-0.2, -0.15) is 5.10 Å². The van der Waals surface area contributed by atoms with E-state index in [0.29, 0.717) is 6.04 Å². The Morgan fingerprint density at radius 1 is 1.26 bits per heavy atom. The van der Waals surface area contributed by atoms with Crippen molar-refractivity contribution in [3.63, 3.8) is 0 Å². The SMILES string of the molecule is Cn1cc(CCC(CCc2cccnc2)NN)cn1. The Kier molecular flexibility index (Phi) is 5.06. The van der Waals surface area contributed by atoms with E-state index in [4.69, 9.17) is 5.84 Å². The highest BCUT2D eigenvalue weighted by Crippen LogP contribution is 2.09. The summed E-state index contributed by atoms with van der Waals surface area (Å²) in [4.78, 5) is 4.12. The summed E-state index contributed by atoms with van der Waals surface area (Å²) < 4.78 is 1.83. The molecule has 2 aromatic rings. The molecule has 2 aromatic heterocycles. The molecule has 0 aromatic carbocycles. The molecule has 0 bridgehead atoms. The van der Waals surface area contributed by atoms with E-state index >= 15 is 0 Å². The van der Waals surface area contributed by atoms with Gasteiger partial charge in [-0.25, -0.2) is 0 Å². The summed E-state index contributed by atoms with van der Waals surface area (Å²) >= 11 is 0. The van der Waals surface area contributed by atoms with Crippen LogP contribution < -0.4 is 11.3 Å². The summed E-state index contributed by atoms with van der Waals surface area (Å²) in [6, 6.07) is 4.39. The van der Waals surface area contributed by atoms with Crippen LogP contribution in [0.2, 0.25) is 0 Å². The first-order valence-electron chi connectivity index (χ1n) is 6.60. The summed E-state index contributed by atoms with van der Waals surface area (Å²) in [7, 11) is 1.94. The van der Waals surface area contributed by atoms with Crippen molar-refractivity contribution < 1.29 is 0 Å². The molecule has 5 heteroatoms. The molecular weight excluding hydrogens is 238 g/mol. The minimum Gasteiger partial charge on any atom is -0.276 e. The number of aromatic nitrogens is 3. The molecule has 0 amide bonds. The molecule has 1 unspecified atom stereocenters. The molecule has 102 valence electrons. The normalized spacial score (nSPS) is 12.5. The minimum absolute atomic E-state index is 0.320. The molecule has 0 aliphatic rings. The van der Waals surface area contributed by atoms with Gasteiger partial charge in [0.05, 0.1) is 6.20 Å². The van der Waals surface area contributed by atoms with Gasteiger partial charge in [0.25, 0.3) is 0 Å².